The molecule has 5 heteroatoms. The summed E-state index contributed by atoms with van der Waals surface area (Å²) in [4.78, 5) is 26.6. The Balaban J connectivity index is 1.92. The molecular weight excluding hydrogens is 268 g/mol. The Morgan fingerprint density at radius 2 is 1.52 bits per heavy atom. The van der Waals surface area contributed by atoms with Gasteiger partial charge < -0.3 is 15.0 Å². The molecule has 0 aromatic carbocycles. The standard InChI is InChI=1S/C16H28N2O3/c1-15(2,3)21-14(20)17-16(9-10-16)13(19)18-11-7-5-4-6-8-12-18/h4-12H2,1-3H3,(H,17,20). The van der Waals surface area contributed by atoms with Crippen LogP contribution in [0.4, 0.5) is 4.79 Å². The Hall–Kier alpha value is -1.26. The van der Waals surface area contributed by atoms with Gasteiger partial charge in [0.2, 0.25) is 5.91 Å². The van der Waals surface area contributed by atoms with Gasteiger partial charge in [-0.3, -0.25) is 4.79 Å². The molecule has 5 nitrogen and oxygen atoms in total. The molecule has 1 N–H and O–H groups in total. The van der Waals surface area contributed by atoms with Crippen molar-refractivity contribution in [2.24, 2.45) is 0 Å². The molecule has 2 amide bonds. The molecular formula is C16H28N2O3. The van der Waals surface area contributed by atoms with E-state index in [2.05, 4.69) is 5.32 Å². The zero-order valence-corrected chi connectivity index (χ0v) is 13.5. The van der Waals surface area contributed by atoms with Crippen LogP contribution in [0.15, 0.2) is 0 Å². The van der Waals surface area contributed by atoms with Gasteiger partial charge in [0, 0.05) is 13.1 Å². The first kappa shape index (κ1) is 16.1. The first-order valence-electron chi connectivity index (χ1n) is 8.13. The maximum Gasteiger partial charge on any atom is 0.408 e. The molecule has 2 fully saturated rings. The van der Waals surface area contributed by atoms with Crippen molar-refractivity contribution < 1.29 is 14.3 Å². The van der Waals surface area contributed by atoms with Gasteiger partial charge in [0.1, 0.15) is 11.1 Å². The number of rotatable bonds is 2. The lowest BCUT2D eigenvalue weighted by molar-refractivity contribution is -0.135. The van der Waals surface area contributed by atoms with Gasteiger partial charge in [0.05, 0.1) is 0 Å². The number of alkyl carbamates (subject to hydrolysis) is 1. The molecule has 1 aliphatic heterocycles. The van der Waals surface area contributed by atoms with Crippen molar-refractivity contribution in [2.45, 2.75) is 76.9 Å². The molecule has 120 valence electrons. The minimum absolute atomic E-state index is 0.0789. The Morgan fingerprint density at radius 3 is 2.00 bits per heavy atom. The average Bonchev–Trinajstić information content (AvgIpc) is 3.06. The van der Waals surface area contributed by atoms with Crippen molar-refractivity contribution in [3.63, 3.8) is 0 Å². The summed E-state index contributed by atoms with van der Waals surface area (Å²) in [7, 11) is 0. The van der Waals surface area contributed by atoms with Crippen molar-refractivity contribution in [1.82, 2.24) is 10.2 Å². The maximum absolute atomic E-state index is 12.7. The van der Waals surface area contributed by atoms with Gasteiger partial charge >= 0.3 is 6.09 Å². The van der Waals surface area contributed by atoms with E-state index in [4.69, 9.17) is 4.74 Å². The fourth-order valence-corrected chi connectivity index (χ4v) is 2.77. The molecule has 0 radical (unpaired) electrons. The van der Waals surface area contributed by atoms with Gasteiger partial charge in [0.25, 0.3) is 0 Å². The number of hydrogen-bond donors (Lipinski definition) is 1. The van der Waals surface area contributed by atoms with Crippen molar-refractivity contribution in [2.75, 3.05) is 13.1 Å². The van der Waals surface area contributed by atoms with Crippen LogP contribution in [0.1, 0.15) is 65.7 Å². The van der Waals surface area contributed by atoms with E-state index in [0.29, 0.717) is 0 Å². The smallest absolute Gasteiger partial charge is 0.408 e. The number of hydrogen-bond acceptors (Lipinski definition) is 3. The molecule has 1 saturated heterocycles. The lowest BCUT2D eigenvalue weighted by Gasteiger charge is -2.30. The largest absolute Gasteiger partial charge is 0.444 e. The highest BCUT2D eigenvalue weighted by Crippen LogP contribution is 2.38. The first-order chi connectivity index (χ1) is 9.82. The number of likely N-dealkylation sites (tertiary alicyclic amines) is 1. The summed E-state index contributed by atoms with van der Waals surface area (Å²) in [5, 5.41) is 2.80. The number of carbonyl (C=O) groups excluding carboxylic acids is 2. The van der Waals surface area contributed by atoms with Gasteiger partial charge in [-0.15, -0.1) is 0 Å². The predicted molar refractivity (Wildman–Crippen MR) is 81.0 cm³/mol. The highest BCUT2D eigenvalue weighted by atomic mass is 16.6. The van der Waals surface area contributed by atoms with E-state index in [0.717, 1.165) is 38.8 Å². The van der Waals surface area contributed by atoms with Crippen molar-refractivity contribution in [3.8, 4) is 0 Å². The summed E-state index contributed by atoms with van der Waals surface area (Å²) < 4.78 is 5.27. The lowest BCUT2D eigenvalue weighted by Crippen LogP contribution is -2.52. The van der Waals surface area contributed by atoms with Crippen molar-refractivity contribution >= 4 is 12.0 Å². The molecule has 21 heavy (non-hydrogen) atoms. The van der Waals surface area contributed by atoms with Gasteiger partial charge in [-0.25, -0.2) is 4.79 Å². The molecule has 0 atom stereocenters. The van der Waals surface area contributed by atoms with E-state index < -0.39 is 17.2 Å². The third kappa shape index (κ3) is 4.61. The normalized spacial score (nSPS) is 22.0. The van der Waals surface area contributed by atoms with E-state index in [1.807, 2.05) is 25.7 Å². The first-order valence-corrected chi connectivity index (χ1v) is 8.13. The van der Waals surface area contributed by atoms with Crippen LogP contribution in [0.3, 0.4) is 0 Å². The SMILES string of the molecule is CC(C)(C)OC(=O)NC1(C(=O)N2CCCCCCC2)CC1. The number of ether oxygens (including phenoxy) is 1. The van der Waals surface area contributed by atoms with Crippen LogP contribution in [0, 0.1) is 0 Å². The zero-order chi connectivity index (χ0) is 15.5. The number of carbonyl (C=O) groups is 2. The summed E-state index contributed by atoms with van der Waals surface area (Å²) in [6.45, 7) is 7.11. The molecule has 0 unspecified atom stereocenters. The Morgan fingerprint density at radius 1 is 1.00 bits per heavy atom. The molecule has 0 aromatic rings. The maximum atomic E-state index is 12.7. The minimum Gasteiger partial charge on any atom is -0.444 e. The topological polar surface area (TPSA) is 58.6 Å². The third-order valence-corrected chi connectivity index (χ3v) is 4.04. The Labute approximate surface area is 127 Å². The van der Waals surface area contributed by atoms with E-state index >= 15 is 0 Å². The third-order valence-electron chi connectivity index (χ3n) is 4.04. The highest BCUT2D eigenvalue weighted by molar-refractivity contribution is 5.92. The molecule has 0 spiro atoms. The molecule has 1 saturated carbocycles. The van der Waals surface area contributed by atoms with Crippen LogP contribution in [-0.4, -0.2) is 41.1 Å². The van der Waals surface area contributed by atoms with Gasteiger partial charge in [0.15, 0.2) is 0 Å². The summed E-state index contributed by atoms with van der Waals surface area (Å²) in [6, 6.07) is 0. The zero-order valence-electron chi connectivity index (χ0n) is 13.5. The monoisotopic (exact) mass is 296 g/mol. The van der Waals surface area contributed by atoms with E-state index in [-0.39, 0.29) is 5.91 Å². The van der Waals surface area contributed by atoms with Crippen LogP contribution in [-0.2, 0) is 9.53 Å². The molecule has 1 heterocycles. The second kappa shape index (κ2) is 6.24. The quantitative estimate of drug-likeness (QED) is 0.852. The Bertz CT molecular complexity index is 389. The summed E-state index contributed by atoms with van der Waals surface area (Å²) >= 11 is 0. The molecule has 1 aliphatic carbocycles. The van der Waals surface area contributed by atoms with Gasteiger partial charge in [-0.1, -0.05) is 19.3 Å². The van der Waals surface area contributed by atoms with Crippen LogP contribution in [0.5, 0.6) is 0 Å². The molecule has 0 aromatic heterocycles. The predicted octanol–water partition coefficient (Wildman–Crippen LogP) is 2.84. The number of nitrogens with zero attached hydrogens (tertiary/aromatic N) is 1. The van der Waals surface area contributed by atoms with Crippen LogP contribution >= 0.6 is 0 Å². The molecule has 2 aliphatic rings. The average molecular weight is 296 g/mol. The number of amides is 2. The van der Waals surface area contributed by atoms with E-state index in [1.54, 1.807) is 0 Å². The van der Waals surface area contributed by atoms with Gasteiger partial charge in [-0.2, -0.15) is 0 Å². The fraction of sp³-hybridized carbons (Fsp3) is 0.875. The van der Waals surface area contributed by atoms with Crippen molar-refractivity contribution in [1.29, 1.82) is 0 Å². The summed E-state index contributed by atoms with van der Waals surface area (Å²) in [5.41, 5.74) is -1.23. The molecule has 0 bridgehead atoms. The summed E-state index contributed by atoms with van der Waals surface area (Å²) in [6.07, 6.45) is 6.74. The fourth-order valence-electron chi connectivity index (χ4n) is 2.77. The van der Waals surface area contributed by atoms with Gasteiger partial charge in [-0.05, 0) is 46.5 Å². The Kier molecular flexibility index (Phi) is 4.79. The second-order valence-electron chi connectivity index (χ2n) is 7.27. The van der Waals surface area contributed by atoms with Crippen LogP contribution in [0.25, 0.3) is 0 Å². The summed E-state index contributed by atoms with van der Waals surface area (Å²) in [5.74, 6) is 0.0789. The lowest BCUT2D eigenvalue weighted by atomic mass is 10.1. The van der Waals surface area contributed by atoms with Crippen molar-refractivity contribution in [3.05, 3.63) is 0 Å². The van der Waals surface area contributed by atoms with Crippen LogP contribution in [0.2, 0.25) is 0 Å². The second-order valence-corrected chi connectivity index (χ2v) is 7.27. The highest BCUT2D eigenvalue weighted by Gasteiger charge is 2.53. The van der Waals surface area contributed by atoms with E-state index in [9.17, 15) is 9.59 Å². The minimum atomic E-state index is -0.693. The van der Waals surface area contributed by atoms with Crippen LogP contribution < -0.4 is 5.32 Å². The van der Waals surface area contributed by atoms with E-state index in [1.165, 1.54) is 19.3 Å². The number of nitrogens with one attached hydrogen (secondary N) is 1. The molecule has 2 rings (SSSR count).